The summed E-state index contributed by atoms with van der Waals surface area (Å²) in [5, 5.41) is 15.9. The van der Waals surface area contributed by atoms with Gasteiger partial charge < -0.3 is 5.32 Å². The van der Waals surface area contributed by atoms with Crippen molar-refractivity contribution < 1.29 is 26.7 Å². The quantitative estimate of drug-likeness (QED) is 0.616. The lowest BCUT2D eigenvalue weighted by Crippen LogP contribution is -2.46. The van der Waals surface area contributed by atoms with Crippen LogP contribution in [0.2, 0.25) is 0 Å². The molecule has 0 aliphatic rings. The highest BCUT2D eigenvalue weighted by atomic mass is 19.4. The molecule has 7 nitrogen and oxygen atoms in total. The maximum absolute atomic E-state index is 13.4. The van der Waals surface area contributed by atoms with Crippen molar-refractivity contribution in [3.05, 3.63) is 53.7 Å². The number of alkyl halides is 5. The van der Waals surface area contributed by atoms with Gasteiger partial charge in [-0.3, -0.25) is 9.48 Å². The number of benzene rings is 1. The zero-order valence-corrected chi connectivity index (χ0v) is 16.2. The van der Waals surface area contributed by atoms with Crippen LogP contribution in [0.4, 0.5) is 22.0 Å². The normalized spacial score (nSPS) is 14.1. The van der Waals surface area contributed by atoms with Gasteiger partial charge in [0.25, 0.3) is 5.91 Å². The number of aromatic nitrogens is 4. The average molecular weight is 438 g/mol. The number of nitrogens with one attached hydrogen (secondary N) is 1. The summed E-state index contributed by atoms with van der Waals surface area (Å²) in [4.78, 5) is 18.4. The standard InChI is InChI=1S/C19H15F5N6O/c1-10(29-17(31)18(2,20)21)15(13-7-26-16(27-8-13)19(22,23)24)30-14-4-3-11(6-25)5-12(14)9-28-30/h3-5,7-10,15H,1-2H3,(H,29,31)/t10-,15+/m1/s1. The van der Waals surface area contributed by atoms with E-state index in [1.807, 2.05) is 6.07 Å². The molecule has 0 spiro atoms. The van der Waals surface area contributed by atoms with Crippen molar-refractivity contribution in [3.63, 3.8) is 0 Å². The number of hydrogen-bond acceptors (Lipinski definition) is 5. The third kappa shape index (κ3) is 4.60. The van der Waals surface area contributed by atoms with Crippen molar-refractivity contribution in [2.75, 3.05) is 0 Å². The van der Waals surface area contributed by atoms with Gasteiger partial charge in [-0.05, 0) is 25.1 Å². The van der Waals surface area contributed by atoms with Crippen LogP contribution in [0.3, 0.4) is 0 Å². The monoisotopic (exact) mass is 438 g/mol. The third-order valence-electron chi connectivity index (χ3n) is 4.49. The third-order valence-corrected chi connectivity index (χ3v) is 4.49. The molecule has 0 aliphatic carbocycles. The number of rotatable bonds is 5. The van der Waals surface area contributed by atoms with Crippen LogP contribution in [0, 0.1) is 11.3 Å². The van der Waals surface area contributed by atoms with Crippen LogP contribution in [0.15, 0.2) is 36.8 Å². The minimum Gasteiger partial charge on any atom is -0.346 e. The molecule has 0 aliphatic heterocycles. The Bertz CT molecular complexity index is 1140. The summed E-state index contributed by atoms with van der Waals surface area (Å²) in [7, 11) is 0. The molecule has 0 bridgehead atoms. The van der Waals surface area contributed by atoms with Gasteiger partial charge in [-0.25, -0.2) is 9.97 Å². The van der Waals surface area contributed by atoms with E-state index >= 15 is 0 Å². The van der Waals surface area contributed by atoms with Crippen molar-refractivity contribution in [2.24, 2.45) is 0 Å². The van der Waals surface area contributed by atoms with E-state index in [0.29, 0.717) is 23.4 Å². The molecule has 1 N–H and O–H groups in total. The fraction of sp³-hybridized carbons (Fsp3) is 0.316. The largest absolute Gasteiger partial charge is 0.451 e. The molecular weight excluding hydrogens is 423 g/mol. The number of nitriles is 1. The Labute approximate surface area is 172 Å². The Morgan fingerprint density at radius 2 is 1.81 bits per heavy atom. The lowest BCUT2D eigenvalue weighted by molar-refractivity contribution is -0.145. The van der Waals surface area contributed by atoms with E-state index < -0.39 is 35.9 Å². The van der Waals surface area contributed by atoms with Crippen molar-refractivity contribution in [1.82, 2.24) is 25.1 Å². The van der Waals surface area contributed by atoms with Crippen LogP contribution in [0.5, 0.6) is 0 Å². The van der Waals surface area contributed by atoms with Gasteiger partial charge in [0.1, 0.15) is 6.04 Å². The van der Waals surface area contributed by atoms with Crippen LogP contribution in [0.1, 0.15) is 36.8 Å². The van der Waals surface area contributed by atoms with E-state index in [1.54, 1.807) is 12.1 Å². The predicted octanol–water partition coefficient (Wildman–Crippen LogP) is 3.47. The molecule has 2 aromatic heterocycles. The van der Waals surface area contributed by atoms with Gasteiger partial charge >= 0.3 is 12.1 Å². The predicted molar refractivity (Wildman–Crippen MR) is 97.8 cm³/mol. The van der Waals surface area contributed by atoms with Gasteiger partial charge in [0.05, 0.1) is 29.4 Å². The van der Waals surface area contributed by atoms with E-state index in [0.717, 1.165) is 12.4 Å². The van der Waals surface area contributed by atoms with Crippen molar-refractivity contribution in [3.8, 4) is 6.07 Å². The fourth-order valence-electron chi connectivity index (χ4n) is 3.04. The second-order valence-electron chi connectivity index (χ2n) is 6.91. The zero-order valence-electron chi connectivity index (χ0n) is 16.2. The van der Waals surface area contributed by atoms with Gasteiger partial charge in [0, 0.05) is 30.3 Å². The minimum absolute atomic E-state index is 0.106. The number of nitrogens with zero attached hydrogens (tertiary/aromatic N) is 5. The molecule has 0 radical (unpaired) electrons. The molecule has 12 heteroatoms. The maximum atomic E-state index is 13.4. The van der Waals surface area contributed by atoms with Gasteiger partial charge in [-0.2, -0.15) is 32.3 Å². The zero-order chi connectivity index (χ0) is 23.0. The molecular formula is C19H15F5N6O. The molecule has 1 aromatic carbocycles. The van der Waals surface area contributed by atoms with Gasteiger partial charge in [-0.1, -0.05) is 0 Å². The Morgan fingerprint density at radius 1 is 1.16 bits per heavy atom. The number of amides is 1. The van der Waals surface area contributed by atoms with Crippen LogP contribution in [0.25, 0.3) is 10.9 Å². The summed E-state index contributed by atoms with van der Waals surface area (Å²) in [5.41, 5.74) is 0.927. The Morgan fingerprint density at radius 3 is 2.35 bits per heavy atom. The average Bonchev–Trinajstić information content (AvgIpc) is 3.10. The summed E-state index contributed by atoms with van der Waals surface area (Å²) in [6.45, 7) is 1.83. The van der Waals surface area contributed by atoms with E-state index in [1.165, 1.54) is 23.9 Å². The second kappa shape index (κ2) is 7.90. The molecule has 0 saturated carbocycles. The Hall–Kier alpha value is -3.62. The molecule has 3 aromatic rings. The Kier molecular flexibility index (Phi) is 5.62. The lowest BCUT2D eigenvalue weighted by Gasteiger charge is -2.27. The van der Waals surface area contributed by atoms with Crippen LogP contribution < -0.4 is 5.32 Å². The van der Waals surface area contributed by atoms with E-state index in [9.17, 15) is 26.7 Å². The first kappa shape index (κ1) is 22.1. The molecule has 162 valence electrons. The minimum atomic E-state index is -4.76. The van der Waals surface area contributed by atoms with E-state index in [4.69, 9.17) is 5.26 Å². The topological polar surface area (TPSA) is 96.5 Å². The van der Waals surface area contributed by atoms with Gasteiger partial charge in [-0.15, -0.1) is 0 Å². The highest BCUT2D eigenvalue weighted by Crippen LogP contribution is 2.29. The number of fused-ring (bicyclic) bond motifs is 1. The highest BCUT2D eigenvalue weighted by Gasteiger charge is 2.37. The molecule has 0 fully saturated rings. The van der Waals surface area contributed by atoms with Crippen LogP contribution in [-0.4, -0.2) is 37.6 Å². The summed E-state index contributed by atoms with van der Waals surface area (Å²) in [6.07, 6.45) is -1.53. The van der Waals surface area contributed by atoms with Gasteiger partial charge in [0.15, 0.2) is 0 Å². The van der Waals surface area contributed by atoms with Crippen molar-refractivity contribution in [2.45, 2.75) is 38.0 Å². The van der Waals surface area contributed by atoms with E-state index in [-0.39, 0.29) is 5.56 Å². The van der Waals surface area contributed by atoms with Crippen LogP contribution >= 0.6 is 0 Å². The molecule has 0 unspecified atom stereocenters. The summed E-state index contributed by atoms with van der Waals surface area (Å²) >= 11 is 0. The first-order valence-electron chi connectivity index (χ1n) is 8.87. The number of carbonyl (C=O) groups excluding carboxylic acids is 1. The number of hydrogen-bond donors (Lipinski definition) is 1. The number of carbonyl (C=O) groups is 1. The molecule has 2 heterocycles. The SMILES string of the molecule is C[C@@H](NC(=O)C(C)(F)F)[C@@H](c1cnc(C(F)(F)F)nc1)n1ncc2cc(C#N)ccc21. The highest BCUT2D eigenvalue weighted by molar-refractivity contribution is 5.83. The second-order valence-corrected chi connectivity index (χ2v) is 6.91. The Balaban J connectivity index is 2.09. The molecule has 1 amide bonds. The lowest BCUT2D eigenvalue weighted by atomic mass is 10.0. The summed E-state index contributed by atoms with van der Waals surface area (Å²) in [6, 6.07) is 4.53. The molecule has 2 atom stereocenters. The summed E-state index contributed by atoms with van der Waals surface area (Å²) in [5.74, 6) is -6.58. The number of halogens is 5. The van der Waals surface area contributed by atoms with Crippen molar-refractivity contribution >= 4 is 16.8 Å². The van der Waals surface area contributed by atoms with E-state index in [2.05, 4.69) is 20.4 Å². The smallest absolute Gasteiger partial charge is 0.346 e. The summed E-state index contributed by atoms with van der Waals surface area (Å²) < 4.78 is 66.6. The van der Waals surface area contributed by atoms with Crippen LogP contribution in [-0.2, 0) is 11.0 Å². The fourth-order valence-corrected chi connectivity index (χ4v) is 3.04. The maximum Gasteiger partial charge on any atom is 0.451 e. The van der Waals surface area contributed by atoms with Crippen molar-refractivity contribution in [1.29, 1.82) is 5.26 Å². The molecule has 0 saturated heterocycles. The first-order valence-corrected chi connectivity index (χ1v) is 8.87. The van der Waals surface area contributed by atoms with Gasteiger partial charge in [0.2, 0.25) is 5.82 Å². The molecule has 31 heavy (non-hydrogen) atoms. The first-order chi connectivity index (χ1) is 14.4. The molecule has 3 rings (SSSR count).